The molecular weight excluding hydrogens is 236 g/mol. The molecule has 0 unspecified atom stereocenters. The van der Waals surface area contributed by atoms with Gasteiger partial charge in [0.05, 0.1) is 12.3 Å². The van der Waals surface area contributed by atoms with Gasteiger partial charge in [0, 0.05) is 17.9 Å². The predicted molar refractivity (Wildman–Crippen MR) is 79.2 cm³/mol. The van der Waals surface area contributed by atoms with Crippen molar-refractivity contribution in [1.29, 1.82) is 0 Å². The van der Waals surface area contributed by atoms with Crippen LogP contribution in [-0.2, 0) is 0 Å². The van der Waals surface area contributed by atoms with E-state index in [4.69, 9.17) is 10.5 Å². The summed E-state index contributed by atoms with van der Waals surface area (Å²) in [4.78, 5) is 2.30. The average Bonchev–Trinajstić information content (AvgIpc) is 2.64. The fourth-order valence-corrected chi connectivity index (χ4v) is 2.49. The molecule has 0 aromatic heterocycles. The van der Waals surface area contributed by atoms with Crippen molar-refractivity contribution in [1.82, 2.24) is 0 Å². The monoisotopic (exact) mass is 254 g/mol. The van der Waals surface area contributed by atoms with Crippen LogP contribution in [0.4, 0.5) is 17.1 Å². The largest absolute Gasteiger partial charge is 0.491 e. The second-order valence-corrected chi connectivity index (χ2v) is 4.87. The first-order chi connectivity index (χ1) is 9.25. The molecule has 0 atom stereocenters. The molecule has 0 radical (unpaired) electrons. The van der Waals surface area contributed by atoms with Gasteiger partial charge in [-0.2, -0.15) is 0 Å². The van der Waals surface area contributed by atoms with E-state index in [0.717, 1.165) is 42.4 Å². The minimum atomic E-state index is 0.759. The maximum atomic E-state index is 5.94. The van der Waals surface area contributed by atoms with E-state index in [-0.39, 0.29) is 0 Å². The number of para-hydroxylation sites is 2. The molecule has 2 aromatic rings. The van der Waals surface area contributed by atoms with E-state index in [1.54, 1.807) is 0 Å². The predicted octanol–water partition coefficient (Wildman–Crippen LogP) is 3.50. The third kappa shape index (κ3) is 2.24. The van der Waals surface area contributed by atoms with E-state index in [2.05, 4.69) is 24.0 Å². The molecule has 0 bridgehead atoms. The van der Waals surface area contributed by atoms with Crippen LogP contribution in [0.15, 0.2) is 42.5 Å². The lowest BCUT2D eigenvalue weighted by Gasteiger charge is -2.25. The normalized spacial score (nSPS) is 14.5. The molecule has 0 saturated heterocycles. The van der Waals surface area contributed by atoms with E-state index in [1.165, 1.54) is 5.56 Å². The van der Waals surface area contributed by atoms with Crippen molar-refractivity contribution in [3.63, 3.8) is 0 Å². The maximum Gasteiger partial charge on any atom is 0.142 e. The molecule has 1 heterocycles. The summed E-state index contributed by atoms with van der Waals surface area (Å²) in [6, 6.07) is 14.2. The van der Waals surface area contributed by atoms with Gasteiger partial charge in [0.25, 0.3) is 0 Å². The number of benzene rings is 2. The molecule has 0 spiro atoms. The maximum absolute atomic E-state index is 5.94. The highest BCUT2D eigenvalue weighted by atomic mass is 16.5. The molecule has 19 heavy (non-hydrogen) atoms. The van der Waals surface area contributed by atoms with Crippen molar-refractivity contribution in [2.45, 2.75) is 13.3 Å². The van der Waals surface area contributed by atoms with Gasteiger partial charge in [0.1, 0.15) is 5.75 Å². The minimum absolute atomic E-state index is 0.759. The number of fused-ring (bicyclic) bond motifs is 1. The number of nitrogens with two attached hydrogens (primary N) is 1. The summed E-state index contributed by atoms with van der Waals surface area (Å²) in [5.74, 6) is 0.946. The summed E-state index contributed by atoms with van der Waals surface area (Å²) in [5.41, 5.74) is 10.2. The Balaban J connectivity index is 2.11. The lowest BCUT2D eigenvalue weighted by molar-refractivity contribution is 0.322. The summed E-state index contributed by atoms with van der Waals surface area (Å²) in [6.45, 7) is 3.82. The summed E-state index contributed by atoms with van der Waals surface area (Å²) >= 11 is 0. The molecule has 0 saturated carbocycles. The topological polar surface area (TPSA) is 38.5 Å². The van der Waals surface area contributed by atoms with Crippen LogP contribution in [0.25, 0.3) is 0 Å². The molecular formula is C16H18N2O. The van der Waals surface area contributed by atoms with Crippen molar-refractivity contribution < 1.29 is 4.74 Å². The standard InChI is InChI=1S/C16H18N2O/c1-12-7-8-13(17)11-15(12)18-9-4-10-19-16-6-3-2-5-14(16)18/h2-3,5-8,11H,4,9-10,17H2,1H3. The van der Waals surface area contributed by atoms with Crippen LogP contribution in [0.1, 0.15) is 12.0 Å². The van der Waals surface area contributed by atoms with Gasteiger partial charge in [-0.25, -0.2) is 0 Å². The summed E-state index contributed by atoms with van der Waals surface area (Å²) in [5, 5.41) is 0. The number of hydrogen-bond acceptors (Lipinski definition) is 3. The molecule has 3 rings (SSSR count). The van der Waals surface area contributed by atoms with Crippen molar-refractivity contribution in [2.75, 3.05) is 23.8 Å². The van der Waals surface area contributed by atoms with Gasteiger partial charge in [-0.3, -0.25) is 0 Å². The van der Waals surface area contributed by atoms with E-state index in [9.17, 15) is 0 Å². The first-order valence-electron chi connectivity index (χ1n) is 6.61. The van der Waals surface area contributed by atoms with Crippen LogP contribution in [0.2, 0.25) is 0 Å². The summed E-state index contributed by atoms with van der Waals surface area (Å²) in [7, 11) is 0. The molecule has 1 aliphatic rings. The highest BCUT2D eigenvalue weighted by molar-refractivity contribution is 5.73. The van der Waals surface area contributed by atoms with Crippen LogP contribution in [-0.4, -0.2) is 13.2 Å². The highest BCUT2D eigenvalue weighted by Gasteiger charge is 2.18. The Labute approximate surface area is 113 Å². The zero-order valence-electron chi connectivity index (χ0n) is 11.1. The lowest BCUT2D eigenvalue weighted by atomic mass is 10.1. The van der Waals surface area contributed by atoms with Gasteiger partial charge >= 0.3 is 0 Å². The molecule has 0 fully saturated rings. The van der Waals surface area contributed by atoms with Gasteiger partial charge in [-0.05, 0) is 43.2 Å². The third-order valence-electron chi connectivity index (χ3n) is 3.46. The number of rotatable bonds is 1. The molecule has 2 N–H and O–H groups in total. The molecule has 1 aliphatic heterocycles. The van der Waals surface area contributed by atoms with Crippen LogP contribution < -0.4 is 15.4 Å². The first kappa shape index (κ1) is 11.9. The van der Waals surface area contributed by atoms with E-state index < -0.39 is 0 Å². The zero-order valence-corrected chi connectivity index (χ0v) is 11.1. The van der Waals surface area contributed by atoms with Crippen molar-refractivity contribution in [3.05, 3.63) is 48.0 Å². The number of nitrogens with zero attached hydrogens (tertiary/aromatic N) is 1. The zero-order chi connectivity index (χ0) is 13.2. The molecule has 0 aliphatic carbocycles. The van der Waals surface area contributed by atoms with Crippen LogP contribution in [0.3, 0.4) is 0 Å². The van der Waals surface area contributed by atoms with Gasteiger partial charge < -0.3 is 15.4 Å². The van der Waals surface area contributed by atoms with Crippen LogP contribution in [0, 0.1) is 6.92 Å². The SMILES string of the molecule is Cc1ccc(N)cc1N1CCCOc2ccccc21. The number of nitrogen functional groups attached to an aromatic ring is 1. The molecule has 3 heteroatoms. The van der Waals surface area contributed by atoms with E-state index in [1.807, 2.05) is 30.3 Å². The van der Waals surface area contributed by atoms with E-state index in [0.29, 0.717) is 0 Å². The Morgan fingerprint density at radius 3 is 2.84 bits per heavy atom. The quantitative estimate of drug-likeness (QED) is 0.792. The third-order valence-corrected chi connectivity index (χ3v) is 3.46. The molecule has 3 nitrogen and oxygen atoms in total. The van der Waals surface area contributed by atoms with Crippen molar-refractivity contribution >= 4 is 17.1 Å². The highest BCUT2D eigenvalue weighted by Crippen LogP contribution is 2.37. The van der Waals surface area contributed by atoms with Crippen LogP contribution >= 0.6 is 0 Å². The Bertz CT molecular complexity index is 595. The van der Waals surface area contributed by atoms with Gasteiger partial charge in [0.15, 0.2) is 0 Å². The smallest absolute Gasteiger partial charge is 0.142 e. The summed E-state index contributed by atoms with van der Waals surface area (Å²) < 4.78 is 5.80. The minimum Gasteiger partial charge on any atom is -0.491 e. The Kier molecular flexibility index (Phi) is 3.03. The van der Waals surface area contributed by atoms with E-state index >= 15 is 0 Å². The Morgan fingerprint density at radius 2 is 1.95 bits per heavy atom. The van der Waals surface area contributed by atoms with Crippen molar-refractivity contribution in [2.24, 2.45) is 0 Å². The second-order valence-electron chi connectivity index (χ2n) is 4.87. The van der Waals surface area contributed by atoms with Crippen molar-refractivity contribution in [3.8, 4) is 5.75 Å². The Hall–Kier alpha value is -2.16. The number of aryl methyl sites for hydroxylation is 1. The first-order valence-corrected chi connectivity index (χ1v) is 6.61. The number of hydrogen-bond donors (Lipinski definition) is 1. The number of anilines is 3. The lowest BCUT2D eigenvalue weighted by Crippen LogP contribution is -2.18. The molecule has 0 amide bonds. The van der Waals surface area contributed by atoms with Gasteiger partial charge in [0.2, 0.25) is 0 Å². The molecule has 98 valence electrons. The van der Waals surface area contributed by atoms with Gasteiger partial charge in [-0.1, -0.05) is 18.2 Å². The Morgan fingerprint density at radius 1 is 1.11 bits per heavy atom. The average molecular weight is 254 g/mol. The second kappa shape index (κ2) is 4.84. The summed E-state index contributed by atoms with van der Waals surface area (Å²) in [6.07, 6.45) is 1.00. The number of ether oxygens (including phenoxy) is 1. The fraction of sp³-hybridized carbons (Fsp3) is 0.250. The van der Waals surface area contributed by atoms with Gasteiger partial charge in [-0.15, -0.1) is 0 Å². The van der Waals surface area contributed by atoms with Crippen LogP contribution in [0.5, 0.6) is 5.75 Å². The molecule has 2 aromatic carbocycles. The fourth-order valence-electron chi connectivity index (χ4n) is 2.49.